The summed E-state index contributed by atoms with van der Waals surface area (Å²) in [6.07, 6.45) is 5.65. The molecular formula is C12H16N6O. The van der Waals surface area contributed by atoms with Gasteiger partial charge in [-0.2, -0.15) is 0 Å². The number of hydrogen-bond acceptors (Lipinski definition) is 4. The summed E-state index contributed by atoms with van der Waals surface area (Å²) in [4.78, 5) is 12.2. The number of nitrogens with one attached hydrogen (secondary N) is 1. The van der Waals surface area contributed by atoms with E-state index in [0.29, 0.717) is 29.8 Å². The first-order valence-electron chi connectivity index (χ1n) is 6.23. The van der Waals surface area contributed by atoms with Crippen LogP contribution in [0.3, 0.4) is 0 Å². The van der Waals surface area contributed by atoms with Crippen molar-refractivity contribution in [2.45, 2.75) is 25.4 Å². The third kappa shape index (κ3) is 2.31. The van der Waals surface area contributed by atoms with Crippen molar-refractivity contribution in [2.24, 2.45) is 7.05 Å². The Kier molecular flexibility index (Phi) is 2.73. The van der Waals surface area contributed by atoms with Crippen LogP contribution in [0.2, 0.25) is 0 Å². The standard InChI is InChI=1S/C12H16N6O/c1-17-7-15-16-11(17)5-14-12(19)10-4-8(13)6-18(10)9-2-3-9/h4,6-7,9H,2-3,5,13H2,1H3,(H,14,19). The van der Waals surface area contributed by atoms with Gasteiger partial charge in [-0.25, -0.2) is 0 Å². The predicted molar refractivity (Wildman–Crippen MR) is 69.3 cm³/mol. The molecule has 2 aromatic rings. The first-order chi connectivity index (χ1) is 9.15. The number of nitrogen functional groups attached to an aromatic ring is 1. The molecule has 0 saturated heterocycles. The number of nitrogens with two attached hydrogens (primary N) is 1. The highest BCUT2D eigenvalue weighted by Crippen LogP contribution is 2.37. The molecule has 3 rings (SSSR count). The van der Waals surface area contributed by atoms with Gasteiger partial charge in [-0.3, -0.25) is 4.79 Å². The van der Waals surface area contributed by atoms with Crippen molar-refractivity contribution in [1.29, 1.82) is 0 Å². The second-order valence-corrected chi connectivity index (χ2v) is 4.84. The van der Waals surface area contributed by atoms with Crippen LogP contribution in [-0.2, 0) is 13.6 Å². The summed E-state index contributed by atoms with van der Waals surface area (Å²) in [6.45, 7) is 0.352. The van der Waals surface area contributed by atoms with Crippen LogP contribution in [-0.4, -0.2) is 25.2 Å². The third-order valence-corrected chi connectivity index (χ3v) is 3.25. The van der Waals surface area contributed by atoms with Crippen LogP contribution in [0.25, 0.3) is 0 Å². The maximum absolute atomic E-state index is 12.2. The lowest BCUT2D eigenvalue weighted by Crippen LogP contribution is -2.26. The largest absolute Gasteiger partial charge is 0.397 e. The van der Waals surface area contributed by atoms with Crippen LogP contribution in [0, 0.1) is 0 Å². The Morgan fingerprint density at radius 3 is 3.00 bits per heavy atom. The summed E-state index contributed by atoms with van der Waals surface area (Å²) in [7, 11) is 1.84. The van der Waals surface area contributed by atoms with Gasteiger partial charge in [-0.1, -0.05) is 0 Å². The highest BCUT2D eigenvalue weighted by molar-refractivity contribution is 5.93. The fourth-order valence-electron chi connectivity index (χ4n) is 2.05. The van der Waals surface area contributed by atoms with E-state index < -0.39 is 0 Å². The monoisotopic (exact) mass is 260 g/mol. The highest BCUT2D eigenvalue weighted by Gasteiger charge is 2.27. The Morgan fingerprint density at radius 1 is 1.58 bits per heavy atom. The molecule has 0 unspecified atom stereocenters. The molecule has 1 fully saturated rings. The van der Waals surface area contributed by atoms with Gasteiger partial charge < -0.3 is 20.2 Å². The van der Waals surface area contributed by atoms with E-state index in [-0.39, 0.29) is 5.91 Å². The molecule has 0 aliphatic heterocycles. The quantitative estimate of drug-likeness (QED) is 0.835. The molecule has 1 amide bonds. The van der Waals surface area contributed by atoms with E-state index in [1.54, 1.807) is 17.0 Å². The molecule has 100 valence electrons. The molecule has 1 saturated carbocycles. The Labute approximate surface area is 110 Å². The van der Waals surface area contributed by atoms with E-state index in [0.717, 1.165) is 12.8 Å². The van der Waals surface area contributed by atoms with Gasteiger partial charge in [0.25, 0.3) is 5.91 Å². The van der Waals surface area contributed by atoms with Gasteiger partial charge in [-0.15, -0.1) is 10.2 Å². The van der Waals surface area contributed by atoms with E-state index in [4.69, 9.17) is 5.73 Å². The number of carbonyl (C=O) groups is 1. The van der Waals surface area contributed by atoms with Crippen molar-refractivity contribution >= 4 is 11.6 Å². The Morgan fingerprint density at radius 2 is 2.37 bits per heavy atom. The lowest BCUT2D eigenvalue weighted by atomic mass is 10.3. The molecule has 7 heteroatoms. The lowest BCUT2D eigenvalue weighted by molar-refractivity contribution is 0.0940. The number of nitrogens with zero attached hydrogens (tertiary/aromatic N) is 4. The molecule has 1 aliphatic carbocycles. The molecule has 2 aromatic heterocycles. The Balaban J connectivity index is 1.72. The molecule has 2 heterocycles. The zero-order valence-corrected chi connectivity index (χ0v) is 10.7. The Hall–Kier alpha value is -2.31. The molecule has 0 aromatic carbocycles. The van der Waals surface area contributed by atoms with Crippen LogP contribution >= 0.6 is 0 Å². The summed E-state index contributed by atoms with van der Waals surface area (Å²) in [6, 6.07) is 2.14. The number of rotatable bonds is 4. The van der Waals surface area contributed by atoms with E-state index >= 15 is 0 Å². The molecular weight excluding hydrogens is 244 g/mol. The van der Waals surface area contributed by atoms with Crippen molar-refractivity contribution < 1.29 is 4.79 Å². The van der Waals surface area contributed by atoms with Gasteiger partial charge in [0, 0.05) is 19.3 Å². The minimum Gasteiger partial charge on any atom is -0.397 e. The highest BCUT2D eigenvalue weighted by atomic mass is 16.1. The molecule has 1 aliphatic rings. The number of aromatic nitrogens is 4. The molecule has 0 radical (unpaired) electrons. The summed E-state index contributed by atoms with van der Waals surface area (Å²) < 4.78 is 3.73. The van der Waals surface area contributed by atoms with Crippen LogP contribution in [0.4, 0.5) is 5.69 Å². The lowest BCUT2D eigenvalue weighted by Gasteiger charge is -2.08. The van der Waals surface area contributed by atoms with Gasteiger partial charge in [-0.05, 0) is 18.9 Å². The van der Waals surface area contributed by atoms with Crippen molar-refractivity contribution in [3.05, 3.63) is 30.1 Å². The Bertz CT molecular complexity index is 610. The summed E-state index contributed by atoms with van der Waals surface area (Å²) in [5.41, 5.74) is 7.00. The van der Waals surface area contributed by atoms with Crippen molar-refractivity contribution in [3.8, 4) is 0 Å². The van der Waals surface area contributed by atoms with Crippen LogP contribution in [0.1, 0.15) is 35.2 Å². The summed E-state index contributed by atoms with van der Waals surface area (Å²) >= 11 is 0. The number of amides is 1. The van der Waals surface area contributed by atoms with Crippen molar-refractivity contribution in [2.75, 3.05) is 5.73 Å². The fraction of sp³-hybridized carbons (Fsp3) is 0.417. The second kappa shape index (κ2) is 4.42. The van der Waals surface area contributed by atoms with E-state index in [9.17, 15) is 4.79 Å². The van der Waals surface area contributed by atoms with Crippen molar-refractivity contribution in [3.63, 3.8) is 0 Å². The molecule has 0 atom stereocenters. The minimum atomic E-state index is -0.133. The zero-order valence-electron chi connectivity index (χ0n) is 10.7. The van der Waals surface area contributed by atoms with Gasteiger partial charge in [0.1, 0.15) is 12.0 Å². The molecule has 7 nitrogen and oxygen atoms in total. The normalized spacial score (nSPS) is 14.6. The first kappa shape index (κ1) is 11.8. The summed E-state index contributed by atoms with van der Waals surface area (Å²) in [5.74, 6) is 0.581. The molecule has 0 spiro atoms. The van der Waals surface area contributed by atoms with Gasteiger partial charge >= 0.3 is 0 Å². The number of aryl methyl sites for hydroxylation is 1. The zero-order chi connectivity index (χ0) is 13.4. The average molecular weight is 260 g/mol. The summed E-state index contributed by atoms with van der Waals surface area (Å²) in [5, 5.41) is 10.5. The van der Waals surface area contributed by atoms with Gasteiger partial charge in [0.15, 0.2) is 5.82 Å². The van der Waals surface area contributed by atoms with Crippen LogP contribution < -0.4 is 11.1 Å². The molecule has 3 N–H and O–H groups in total. The first-order valence-corrected chi connectivity index (χ1v) is 6.23. The maximum atomic E-state index is 12.2. The number of carbonyl (C=O) groups excluding carboxylic acids is 1. The van der Waals surface area contributed by atoms with Gasteiger partial charge in [0.05, 0.1) is 12.2 Å². The predicted octanol–water partition coefficient (Wildman–Crippen LogP) is 0.464. The molecule has 0 bridgehead atoms. The van der Waals surface area contributed by atoms with Gasteiger partial charge in [0.2, 0.25) is 0 Å². The van der Waals surface area contributed by atoms with Crippen molar-refractivity contribution in [1.82, 2.24) is 24.6 Å². The smallest absolute Gasteiger partial charge is 0.268 e. The second-order valence-electron chi connectivity index (χ2n) is 4.84. The number of hydrogen-bond donors (Lipinski definition) is 2. The van der Waals surface area contributed by atoms with Crippen LogP contribution in [0.15, 0.2) is 18.6 Å². The SMILES string of the molecule is Cn1cnnc1CNC(=O)c1cc(N)cn1C1CC1. The molecule has 19 heavy (non-hydrogen) atoms. The van der Waals surface area contributed by atoms with E-state index in [1.165, 1.54) is 0 Å². The topological polar surface area (TPSA) is 90.8 Å². The van der Waals surface area contributed by atoms with Crippen LogP contribution in [0.5, 0.6) is 0 Å². The number of anilines is 1. The van der Waals surface area contributed by atoms with E-state index in [1.807, 2.05) is 17.8 Å². The average Bonchev–Trinajstić information content (AvgIpc) is 3.04. The minimum absolute atomic E-state index is 0.133. The van der Waals surface area contributed by atoms with E-state index in [2.05, 4.69) is 15.5 Å². The maximum Gasteiger partial charge on any atom is 0.268 e. The fourth-order valence-corrected chi connectivity index (χ4v) is 2.05. The third-order valence-electron chi connectivity index (χ3n) is 3.25.